The van der Waals surface area contributed by atoms with Crippen LogP contribution < -0.4 is 4.74 Å². The van der Waals surface area contributed by atoms with E-state index < -0.39 is 12.8 Å². The second-order valence-electron chi connectivity index (χ2n) is 2.81. The summed E-state index contributed by atoms with van der Waals surface area (Å²) in [4.78, 5) is 0. The van der Waals surface area contributed by atoms with Gasteiger partial charge < -0.3 is 4.74 Å². The van der Waals surface area contributed by atoms with E-state index in [2.05, 4.69) is 20.7 Å². The fourth-order valence-corrected chi connectivity index (χ4v) is 1.19. The fourth-order valence-electron chi connectivity index (χ4n) is 0.829. The predicted octanol–water partition coefficient (Wildman–Crippen LogP) is 3.70. The van der Waals surface area contributed by atoms with E-state index in [1.54, 1.807) is 6.07 Å². The molecular formula is C9H8BrF3O. The summed E-state index contributed by atoms with van der Waals surface area (Å²) in [6.07, 6.45) is -4.29. The molecule has 0 unspecified atom stereocenters. The van der Waals surface area contributed by atoms with Crippen LogP contribution in [0.1, 0.15) is 5.56 Å². The number of alkyl halides is 3. The van der Waals surface area contributed by atoms with Crippen LogP contribution in [0.15, 0.2) is 22.7 Å². The maximum absolute atomic E-state index is 11.8. The Morgan fingerprint density at radius 2 is 2.00 bits per heavy atom. The molecule has 0 amide bonds. The third-order valence-electron chi connectivity index (χ3n) is 1.55. The molecule has 78 valence electrons. The van der Waals surface area contributed by atoms with Gasteiger partial charge in [0.25, 0.3) is 0 Å². The third-order valence-corrected chi connectivity index (χ3v) is 2.40. The number of hydrogen-bond donors (Lipinski definition) is 0. The molecule has 5 heteroatoms. The standard InChI is InChI=1S/C9H8BrF3O/c1-6-2-3-7(4-8(6)10)14-5-9(11,12)13/h2-4H,5H2,1H3. The maximum atomic E-state index is 11.8. The molecule has 0 aliphatic heterocycles. The highest BCUT2D eigenvalue weighted by Gasteiger charge is 2.28. The Labute approximate surface area is 88.0 Å². The summed E-state index contributed by atoms with van der Waals surface area (Å²) in [5.74, 6) is 0.208. The van der Waals surface area contributed by atoms with Crippen LogP contribution in [0.3, 0.4) is 0 Å². The molecule has 0 heterocycles. The van der Waals surface area contributed by atoms with Crippen molar-refractivity contribution >= 4 is 15.9 Å². The van der Waals surface area contributed by atoms with Gasteiger partial charge in [-0.3, -0.25) is 0 Å². The van der Waals surface area contributed by atoms with E-state index in [-0.39, 0.29) is 5.75 Å². The number of aryl methyl sites for hydroxylation is 1. The lowest BCUT2D eigenvalue weighted by Gasteiger charge is -2.09. The van der Waals surface area contributed by atoms with Crippen LogP contribution in [-0.2, 0) is 0 Å². The van der Waals surface area contributed by atoms with Crippen LogP contribution in [0.25, 0.3) is 0 Å². The molecule has 1 nitrogen and oxygen atoms in total. The summed E-state index contributed by atoms with van der Waals surface area (Å²) >= 11 is 3.21. The summed E-state index contributed by atoms with van der Waals surface area (Å²) in [6, 6.07) is 4.71. The van der Waals surface area contributed by atoms with E-state index in [0.717, 1.165) is 10.0 Å². The largest absolute Gasteiger partial charge is 0.484 e. The molecule has 1 aromatic carbocycles. The number of rotatable bonds is 2. The van der Waals surface area contributed by atoms with Crippen molar-refractivity contribution in [3.63, 3.8) is 0 Å². The first-order chi connectivity index (χ1) is 6.38. The van der Waals surface area contributed by atoms with Crippen molar-refractivity contribution in [1.82, 2.24) is 0 Å². The molecule has 0 aliphatic rings. The first-order valence-corrected chi connectivity index (χ1v) is 4.63. The van der Waals surface area contributed by atoms with Gasteiger partial charge in [0.15, 0.2) is 6.61 Å². The van der Waals surface area contributed by atoms with Crippen LogP contribution in [0, 0.1) is 6.92 Å². The van der Waals surface area contributed by atoms with E-state index in [1.165, 1.54) is 12.1 Å². The Morgan fingerprint density at radius 1 is 1.36 bits per heavy atom. The highest BCUT2D eigenvalue weighted by molar-refractivity contribution is 9.10. The molecule has 0 atom stereocenters. The van der Waals surface area contributed by atoms with Gasteiger partial charge in [0.05, 0.1) is 0 Å². The molecule has 1 aromatic rings. The summed E-state index contributed by atoms with van der Waals surface area (Å²) in [6.45, 7) is 0.583. The van der Waals surface area contributed by atoms with E-state index in [1.807, 2.05) is 6.92 Å². The zero-order valence-corrected chi connectivity index (χ0v) is 8.95. The summed E-state index contributed by atoms with van der Waals surface area (Å²) in [5.41, 5.74) is 0.948. The van der Waals surface area contributed by atoms with Crippen molar-refractivity contribution in [3.05, 3.63) is 28.2 Å². The monoisotopic (exact) mass is 268 g/mol. The second kappa shape index (κ2) is 4.21. The average Bonchev–Trinajstić information content (AvgIpc) is 2.06. The number of benzene rings is 1. The number of hydrogen-bond acceptors (Lipinski definition) is 1. The molecule has 0 saturated heterocycles. The molecule has 0 radical (unpaired) electrons. The van der Waals surface area contributed by atoms with Gasteiger partial charge in [0.2, 0.25) is 0 Å². The molecule has 0 aromatic heterocycles. The number of ether oxygens (including phenoxy) is 1. The van der Waals surface area contributed by atoms with Gasteiger partial charge in [-0.2, -0.15) is 13.2 Å². The average molecular weight is 269 g/mol. The number of halogens is 4. The van der Waals surface area contributed by atoms with Crippen LogP contribution in [0.2, 0.25) is 0 Å². The molecule has 0 bridgehead atoms. The van der Waals surface area contributed by atoms with Crippen molar-refractivity contribution in [1.29, 1.82) is 0 Å². The normalized spacial score (nSPS) is 11.5. The van der Waals surface area contributed by atoms with Gasteiger partial charge in [0.1, 0.15) is 5.75 Å². The van der Waals surface area contributed by atoms with E-state index in [0.29, 0.717) is 0 Å². The first kappa shape index (κ1) is 11.4. The van der Waals surface area contributed by atoms with E-state index in [4.69, 9.17) is 0 Å². The Morgan fingerprint density at radius 3 is 2.50 bits per heavy atom. The lowest BCUT2D eigenvalue weighted by atomic mass is 10.2. The van der Waals surface area contributed by atoms with Gasteiger partial charge in [-0.1, -0.05) is 22.0 Å². The van der Waals surface area contributed by atoms with Crippen molar-refractivity contribution in [2.24, 2.45) is 0 Å². The first-order valence-electron chi connectivity index (χ1n) is 3.84. The van der Waals surface area contributed by atoms with Crippen LogP contribution in [-0.4, -0.2) is 12.8 Å². The minimum Gasteiger partial charge on any atom is -0.484 e. The highest BCUT2D eigenvalue weighted by Crippen LogP contribution is 2.24. The SMILES string of the molecule is Cc1ccc(OCC(F)(F)F)cc1Br. The Kier molecular flexibility index (Phi) is 3.42. The van der Waals surface area contributed by atoms with Crippen molar-refractivity contribution in [3.8, 4) is 5.75 Å². The molecule has 0 fully saturated rings. The van der Waals surface area contributed by atoms with E-state index in [9.17, 15) is 13.2 Å². The molecule has 0 N–H and O–H groups in total. The molecule has 0 spiro atoms. The second-order valence-corrected chi connectivity index (χ2v) is 3.67. The van der Waals surface area contributed by atoms with Crippen LogP contribution >= 0.6 is 15.9 Å². The topological polar surface area (TPSA) is 9.23 Å². The lowest BCUT2D eigenvalue weighted by molar-refractivity contribution is -0.153. The van der Waals surface area contributed by atoms with Gasteiger partial charge >= 0.3 is 6.18 Å². The van der Waals surface area contributed by atoms with Crippen molar-refractivity contribution in [2.45, 2.75) is 13.1 Å². The van der Waals surface area contributed by atoms with Gasteiger partial charge in [-0.15, -0.1) is 0 Å². The van der Waals surface area contributed by atoms with Crippen molar-refractivity contribution in [2.75, 3.05) is 6.61 Å². The highest BCUT2D eigenvalue weighted by atomic mass is 79.9. The maximum Gasteiger partial charge on any atom is 0.422 e. The zero-order valence-electron chi connectivity index (χ0n) is 7.36. The van der Waals surface area contributed by atoms with E-state index >= 15 is 0 Å². The zero-order chi connectivity index (χ0) is 10.8. The predicted molar refractivity (Wildman–Crippen MR) is 50.4 cm³/mol. The summed E-state index contributed by atoms with van der Waals surface area (Å²) in [7, 11) is 0. The minimum absolute atomic E-state index is 0.208. The molecule has 1 rings (SSSR count). The minimum atomic E-state index is -4.29. The van der Waals surface area contributed by atoms with Crippen molar-refractivity contribution < 1.29 is 17.9 Å². The lowest BCUT2D eigenvalue weighted by Crippen LogP contribution is -2.19. The summed E-state index contributed by atoms with van der Waals surface area (Å²) in [5, 5.41) is 0. The third kappa shape index (κ3) is 3.57. The molecule has 0 saturated carbocycles. The molecular weight excluding hydrogens is 261 g/mol. The van der Waals surface area contributed by atoms with Crippen LogP contribution in [0.5, 0.6) is 5.75 Å². The Hall–Kier alpha value is -0.710. The summed E-state index contributed by atoms with van der Waals surface area (Å²) < 4.78 is 40.6. The quantitative estimate of drug-likeness (QED) is 0.795. The smallest absolute Gasteiger partial charge is 0.422 e. The van der Waals surface area contributed by atoms with Gasteiger partial charge in [0, 0.05) is 4.47 Å². The molecule has 14 heavy (non-hydrogen) atoms. The molecule has 0 aliphatic carbocycles. The van der Waals surface area contributed by atoms with Gasteiger partial charge in [-0.25, -0.2) is 0 Å². The van der Waals surface area contributed by atoms with Crippen LogP contribution in [0.4, 0.5) is 13.2 Å². The fraction of sp³-hybridized carbons (Fsp3) is 0.333. The van der Waals surface area contributed by atoms with Gasteiger partial charge in [-0.05, 0) is 24.6 Å². The Balaban J connectivity index is 2.65. The Bertz CT molecular complexity index is 322.